The maximum atomic E-state index is 13.0. The Labute approximate surface area is 160 Å². The first-order valence-electron chi connectivity index (χ1n) is 8.62. The summed E-state index contributed by atoms with van der Waals surface area (Å²) in [6, 6.07) is 16.7. The van der Waals surface area contributed by atoms with Gasteiger partial charge in [-0.3, -0.25) is 10.1 Å². The van der Waals surface area contributed by atoms with E-state index < -0.39 is 0 Å². The second-order valence-corrected chi connectivity index (χ2v) is 7.21. The lowest BCUT2D eigenvalue weighted by molar-refractivity contribution is 0.0992. The van der Waals surface area contributed by atoms with Gasteiger partial charge in [-0.25, -0.2) is 9.78 Å². The highest BCUT2D eigenvalue weighted by molar-refractivity contribution is 7.17. The molecular formula is C20H18N4O2S. The van der Waals surface area contributed by atoms with Crippen molar-refractivity contribution in [1.82, 2.24) is 4.98 Å². The number of amides is 3. The summed E-state index contributed by atoms with van der Waals surface area (Å²) in [6.45, 7) is 2.44. The van der Waals surface area contributed by atoms with Crippen molar-refractivity contribution < 1.29 is 9.59 Å². The van der Waals surface area contributed by atoms with Gasteiger partial charge in [-0.2, -0.15) is 0 Å². The summed E-state index contributed by atoms with van der Waals surface area (Å²) in [4.78, 5) is 31.8. The van der Waals surface area contributed by atoms with Crippen LogP contribution >= 0.6 is 11.3 Å². The SMILES string of the molecule is Cc1nc(NC(=O)Nc2ccccc2)sc1C(=O)N1CCc2ccccc21. The summed E-state index contributed by atoms with van der Waals surface area (Å²) in [6.07, 6.45) is 0.852. The number of thiazole rings is 1. The minimum Gasteiger partial charge on any atom is -0.308 e. The van der Waals surface area contributed by atoms with Crippen molar-refractivity contribution >= 4 is 39.8 Å². The lowest BCUT2D eigenvalue weighted by atomic mass is 10.2. The van der Waals surface area contributed by atoms with E-state index in [0.29, 0.717) is 27.9 Å². The molecule has 0 saturated heterocycles. The largest absolute Gasteiger partial charge is 0.325 e. The minimum atomic E-state index is -0.388. The first-order valence-corrected chi connectivity index (χ1v) is 9.44. The zero-order valence-electron chi connectivity index (χ0n) is 14.7. The summed E-state index contributed by atoms with van der Waals surface area (Å²) in [7, 11) is 0. The van der Waals surface area contributed by atoms with Crippen LogP contribution in [0.3, 0.4) is 0 Å². The van der Waals surface area contributed by atoms with Gasteiger partial charge in [0.25, 0.3) is 5.91 Å². The smallest absolute Gasteiger partial charge is 0.308 e. The molecule has 3 aromatic rings. The van der Waals surface area contributed by atoms with Crippen LogP contribution in [0.15, 0.2) is 54.6 Å². The third-order valence-corrected chi connectivity index (χ3v) is 5.44. The van der Waals surface area contributed by atoms with E-state index in [4.69, 9.17) is 0 Å². The number of hydrogen-bond donors (Lipinski definition) is 2. The van der Waals surface area contributed by atoms with E-state index in [9.17, 15) is 9.59 Å². The number of fused-ring (bicyclic) bond motifs is 1. The van der Waals surface area contributed by atoms with Crippen LogP contribution in [0, 0.1) is 6.92 Å². The number of nitrogens with one attached hydrogen (secondary N) is 2. The molecule has 6 nitrogen and oxygen atoms in total. The quantitative estimate of drug-likeness (QED) is 0.714. The molecule has 0 aliphatic carbocycles. The molecule has 0 saturated carbocycles. The van der Waals surface area contributed by atoms with E-state index in [1.54, 1.807) is 24.0 Å². The number of para-hydroxylation sites is 2. The van der Waals surface area contributed by atoms with Crippen LogP contribution in [-0.4, -0.2) is 23.5 Å². The first kappa shape index (κ1) is 17.2. The predicted octanol–water partition coefficient (Wildman–Crippen LogP) is 4.30. The lowest BCUT2D eigenvalue weighted by Crippen LogP contribution is -2.28. The van der Waals surface area contributed by atoms with Crippen molar-refractivity contribution in [2.24, 2.45) is 0 Å². The lowest BCUT2D eigenvalue weighted by Gasteiger charge is -2.16. The van der Waals surface area contributed by atoms with Crippen LogP contribution in [-0.2, 0) is 6.42 Å². The monoisotopic (exact) mass is 378 g/mol. The van der Waals surface area contributed by atoms with E-state index in [0.717, 1.165) is 12.1 Å². The molecule has 0 atom stereocenters. The van der Waals surface area contributed by atoms with E-state index >= 15 is 0 Å². The molecule has 1 aliphatic rings. The van der Waals surface area contributed by atoms with Crippen LogP contribution in [0.4, 0.5) is 21.3 Å². The van der Waals surface area contributed by atoms with Crippen molar-refractivity contribution in [3.63, 3.8) is 0 Å². The molecule has 27 heavy (non-hydrogen) atoms. The second-order valence-electron chi connectivity index (χ2n) is 6.21. The molecule has 4 rings (SSSR count). The van der Waals surface area contributed by atoms with Gasteiger partial charge in [0.05, 0.1) is 5.69 Å². The molecule has 2 N–H and O–H groups in total. The Morgan fingerprint density at radius 3 is 2.59 bits per heavy atom. The number of hydrogen-bond acceptors (Lipinski definition) is 4. The van der Waals surface area contributed by atoms with Crippen LogP contribution in [0.25, 0.3) is 0 Å². The van der Waals surface area contributed by atoms with Crippen molar-refractivity contribution in [3.05, 3.63) is 70.7 Å². The summed E-state index contributed by atoms with van der Waals surface area (Å²) in [5.74, 6) is -0.0773. The Morgan fingerprint density at radius 2 is 1.78 bits per heavy atom. The summed E-state index contributed by atoms with van der Waals surface area (Å²) < 4.78 is 0. The van der Waals surface area contributed by atoms with E-state index in [1.807, 2.05) is 42.5 Å². The summed E-state index contributed by atoms with van der Waals surface area (Å²) in [5, 5.41) is 5.84. The molecule has 7 heteroatoms. The molecule has 0 bridgehead atoms. The van der Waals surface area contributed by atoms with Crippen molar-refractivity contribution in [1.29, 1.82) is 0 Å². The van der Waals surface area contributed by atoms with Gasteiger partial charge in [-0.15, -0.1) is 0 Å². The zero-order chi connectivity index (χ0) is 18.8. The van der Waals surface area contributed by atoms with E-state index in [2.05, 4.69) is 15.6 Å². The molecule has 1 aromatic heterocycles. The molecule has 0 fully saturated rings. The third-order valence-electron chi connectivity index (χ3n) is 4.38. The molecule has 3 amide bonds. The fraction of sp³-hybridized carbons (Fsp3) is 0.150. The van der Waals surface area contributed by atoms with E-state index in [1.165, 1.54) is 16.9 Å². The van der Waals surface area contributed by atoms with Gasteiger partial charge in [0.1, 0.15) is 4.88 Å². The maximum Gasteiger partial charge on any atom is 0.325 e. The van der Waals surface area contributed by atoms with Gasteiger partial charge in [0.15, 0.2) is 5.13 Å². The highest BCUT2D eigenvalue weighted by Crippen LogP contribution is 2.32. The van der Waals surface area contributed by atoms with Gasteiger partial charge in [-0.05, 0) is 37.1 Å². The molecule has 0 spiro atoms. The minimum absolute atomic E-state index is 0.0773. The Kier molecular flexibility index (Phi) is 4.60. The van der Waals surface area contributed by atoms with Crippen LogP contribution in [0.5, 0.6) is 0 Å². The normalized spacial score (nSPS) is 12.6. The predicted molar refractivity (Wildman–Crippen MR) is 108 cm³/mol. The fourth-order valence-corrected chi connectivity index (χ4v) is 4.01. The summed E-state index contributed by atoms with van der Waals surface area (Å²) in [5.41, 5.74) is 3.43. The van der Waals surface area contributed by atoms with E-state index in [-0.39, 0.29) is 11.9 Å². The van der Waals surface area contributed by atoms with Crippen LogP contribution < -0.4 is 15.5 Å². The van der Waals surface area contributed by atoms with Gasteiger partial charge in [-0.1, -0.05) is 47.7 Å². The van der Waals surface area contributed by atoms with Gasteiger partial charge >= 0.3 is 6.03 Å². The number of anilines is 3. The van der Waals surface area contributed by atoms with Gasteiger partial charge < -0.3 is 10.2 Å². The molecule has 2 heterocycles. The average molecular weight is 378 g/mol. The number of nitrogens with zero attached hydrogens (tertiary/aromatic N) is 2. The number of aromatic nitrogens is 1. The van der Waals surface area contributed by atoms with Gasteiger partial charge in [0, 0.05) is 17.9 Å². The molecule has 1 aliphatic heterocycles. The highest BCUT2D eigenvalue weighted by Gasteiger charge is 2.28. The number of rotatable bonds is 3. The number of urea groups is 1. The maximum absolute atomic E-state index is 13.0. The topological polar surface area (TPSA) is 74.3 Å². The molecule has 0 unspecified atom stereocenters. The third kappa shape index (κ3) is 3.54. The van der Waals surface area contributed by atoms with Crippen molar-refractivity contribution in [2.45, 2.75) is 13.3 Å². The Bertz CT molecular complexity index is 1000. The highest BCUT2D eigenvalue weighted by atomic mass is 32.1. The van der Waals surface area contributed by atoms with Gasteiger partial charge in [0.2, 0.25) is 0 Å². The Balaban J connectivity index is 1.49. The molecular weight excluding hydrogens is 360 g/mol. The van der Waals surface area contributed by atoms with Crippen molar-refractivity contribution in [2.75, 3.05) is 22.1 Å². The average Bonchev–Trinajstić information content (AvgIpc) is 3.25. The Hall–Kier alpha value is -3.19. The Morgan fingerprint density at radius 1 is 1.04 bits per heavy atom. The fourth-order valence-electron chi connectivity index (χ4n) is 3.10. The van der Waals surface area contributed by atoms with Crippen LogP contribution in [0.1, 0.15) is 20.9 Å². The number of benzene rings is 2. The number of aryl methyl sites for hydroxylation is 1. The molecule has 0 radical (unpaired) electrons. The number of carbonyl (C=O) groups excluding carboxylic acids is 2. The first-order chi connectivity index (χ1) is 13.1. The number of carbonyl (C=O) groups is 2. The van der Waals surface area contributed by atoms with Crippen LogP contribution in [0.2, 0.25) is 0 Å². The zero-order valence-corrected chi connectivity index (χ0v) is 15.5. The molecule has 136 valence electrons. The van der Waals surface area contributed by atoms with Crippen molar-refractivity contribution in [3.8, 4) is 0 Å². The summed E-state index contributed by atoms with van der Waals surface area (Å²) >= 11 is 1.19. The second kappa shape index (κ2) is 7.20. The standard InChI is InChI=1S/C20H18N4O2S/c1-13-17(18(25)24-12-11-14-7-5-6-10-16(14)24)27-20(21-13)23-19(26)22-15-8-3-2-4-9-15/h2-10H,11-12H2,1H3,(H2,21,22,23,26). The molecule has 2 aromatic carbocycles.